The number of phenols is 1. The number of esters is 1. The van der Waals surface area contributed by atoms with Gasteiger partial charge in [0.05, 0.1) is 147 Å². The van der Waals surface area contributed by atoms with Crippen molar-refractivity contribution in [1.82, 2.24) is 60.6 Å². The molecule has 37 heteroatoms. The molecule has 37 nitrogen and oxygen atoms in total. The fraction of sp³-hybridized carbons (Fsp3) is 0.677. The van der Waals surface area contributed by atoms with Crippen LogP contribution in [-0.4, -0.2) is 309 Å². The number of cyclic esters (lactones) is 1. The number of ether oxygens (including phenoxy) is 13. The average molecular weight is 1870 g/mol. The molecule has 133 heavy (non-hydrogen) atoms. The number of nitrogens with two attached hydrogens (primary N) is 1. The Balaban J connectivity index is 0.577. The number of methoxy groups -OCH3 is 3. The highest BCUT2D eigenvalue weighted by Crippen LogP contribution is 2.41. The molecule has 5 aromatic rings. The Morgan fingerprint density at radius 3 is 1.98 bits per heavy atom. The zero-order valence-electron chi connectivity index (χ0n) is 79.4. The van der Waals surface area contributed by atoms with Gasteiger partial charge in [0, 0.05) is 121 Å². The van der Waals surface area contributed by atoms with Gasteiger partial charge < -0.3 is 108 Å². The first-order valence-electron chi connectivity index (χ1n) is 47.3. The molecular weight excluding hydrogens is 1720 g/mol. The summed E-state index contributed by atoms with van der Waals surface area (Å²) in [5.41, 5.74) is 11.0. The number of amides is 4. The maximum atomic E-state index is 14.8. The van der Waals surface area contributed by atoms with E-state index >= 15 is 0 Å². The zero-order valence-corrected chi connectivity index (χ0v) is 79.4. The number of anilines is 1. The lowest BCUT2D eigenvalue weighted by molar-refractivity contribution is -0.265. The second-order valence-corrected chi connectivity index (χ2v) is 35.3. The van der Waals surface area contributed by atoms with Crippen molar-refractivity contribution in [3.8, 4) is 17.1 Å². The Kier molecular flexibility index (Phi) is 46.1. The van der Waals surface area contributed by atoms with Crippen LogP contribution in [0, 0.1) is 35.5 Å². The Morgan fingerprint density at radius 1 is 0.692 bits per heavy atom. The maximum Gasteiger partial charge on any atom is 0.329 e. The highest BCUT2D eigenvalue weighted by molar-refractivity contribution is 6.39. The van der Waals surface area contributed by atoms with Crippen molar-refractivity contribution in [2.75, 3.05) is 159 Å². The summed E-state index contributed by atoms with van der Waals surface area (Å²) in [6.07, 6.45) is 18.0. The lowest BCUT2D eigenvalue weighted by Crippen LogP contribution is -2.61. The molecular formula is C96H145N13O24. The average Bonchev–Trinajstić information content (AvgIpc) is 1.72. The van der Waals surface area contributed by atoms with Crippen LogP contribution in [-0.2, 0) is 113 Å². The molecule has 3 fully saturated rings. The van der Waals surface area contributed by atoms with Gasteiger partial charge in [-0.3, -0.25) is 33.6 Å². The topological polar surface area (TPSA) is 473 Å². The number of nitrogen functional groups attached to an aromatic ring is 1. The lowest BCUT2D eigenvalue weighted by atomic mass is 9.77. The van der Waals surface area contributed by atoms with Crippen molar-refractivity contribution >= 4 is 74.7 Å². The molecule has 15 atom stereocenters. The number of hydrogen-bond acceptors (Lipinski definition) is 30. The number of nitrogens with one attached hydrogen (secondary N) is 4. The number of ketones is 3. The molecule has 738 valence electrons. The van der Waals surface area contributed by atoms with Gasteiger partial charge in [0.25, 0.3) is 11.7 Å². The minimum atomic E-state index is -2.48. The number of piperidine rings is 1. The minimum absolute atomic E-state index is 0.0162. The summed E-state index contributed by atoms with van der Waals surface area (Å²) in [5, 5.41) is 57.7. The van der Waals surface area contributed by atoms with Crippen molar-refractivity contribution in [1.29, 1.82) is 0 Å². The lowest BCUT2D eigenvalue weighted by Gasteiger charge is -2.42. The number of aryl methyl sites for hydroxylation is 2. The number of nitrogens with zero attached hydrogens (tertiary/aromatic N) is 8. The molecule has 4 amide bonds. The van der Waals surface area contributed by atoms with Crippen LogP contribution >= 0.6 is 0 Å². The van der Waals surface area contributed by atoms with E-state index in [1.807, 2.05) is 75.0 Å². The number of hydrogen-bond donors (Lipinski definition) is 8. The van der Waals surface area contributed by atoms with E-state index in [0.717, 1.165) is 47.1 Å². The zero-order chi connectivity index (χ0) is 95.6. The van der Waals surface area contributed by atoms with Crippen LogP contribution in [0.5, 0.6) is 5.75 Å². The van der Waals surface area contributed by atoms with E-state index in [9.17, 15) is 53.7 Å². The van der Waals surface area contributed by atoms with Gasteiger partial charge in [-0.2, -0.15) is 5.10 Å². The smallest absolute Gasteiger partial charge is 0.329 e. The monoisotopic (exact) mass is 1860 g/mol. The molecule has 9 rings (SSSR count). The molecule has 4 aliphatic rings. The molecule has 1 aliphatic carbocycles. The number of carbonyl (C=O) groups excluding carboxylic acids is 8. The van der Waals surface area contributed by atoms with Crippen LogP contribution in [0.25, 0.3) is 33.3 Å². The van der Waals surface area contributed by atoms with Gasteiger partial charge in [0.1, 0.15) is 53.7 Å². The second-order valence-electron chi connectivity index (χ2n) is 35.3. The summed E-state index contributed by atoms with van der Waals surface area (Å²) in [6.45, 7) is 19.9. The summed E-state index contributed by atoms with van der Waals surface area (Å²) in [7, 11) is 4.60. The maximum absolute atomic E-state index is 14.8. The number of rotatable bonds is 47. The summed E-state index contributed by atoms with van der Waals surface area (Å²) >= 11 is 0. The largest absolute Gasteiger partial charge is 0.508 e. The molecule has 9 N–H and O–H groups in total. The van der Waals surface area contributed by atoms with E-state index < -0.39 is 83.7 Å². The Labute approximate surface area is 780 Å². The number of aromatic hydroxyl groups is 1. The van der Waals surface area contributed by atoms with Crippen molar-refractivity contribution in [3.63, 3.8) is 0 Å². The summed E-state index contributed by atoms with van der Waals surface area (Å²) in [4.78, 5) is 123. The predicted molar refractivity (Wildman–Crippen MR) is 494 cm³/mol. The number of aliphatic hydroxyl groups is 2. The first kappa shape index (κ1) is 107. The third-order valence-electron chi connectivity index (χ3n) is 25.1. The fourth-order valence-electron chi connectivity index (χ4n) is 17.3. The standard InChI is InChI=1S/C96H145N13O24/c1-63-19-12-11-13-20-64(2)80(121-8)59-74-27-24-69(7)96(120,133-74)91(117)94(118)107-35-16-14-22-78(107)95(119)132-81(60-79(111)65(3)54-68(6)89(116)90(123-10)88(115)67(5)53-63)66(4)55-70-25-29-77(82(56-70)122-9)109-61-72(104-106-109)21-18-23-83(112)99-33-39-126-43-47-130-51-50-129-46-42-125-38-31-85(114)100-34-40-127-44-48-131-52-49-128-45-41-124-37-30-84(113)98-32-15-17-36-108-93-86(92(97)101-62-102-93)87(105-108)76-58-71-57-73(110)26-28-75(71)103-76/h11-13,19-20,26,28,54,57-58,61-63,65-67,69-70,74,77-78,80-82,89-90,103,110,116,120H,14-18,21-25,27,29-53,55-56,59-60H2,1-10H3,(H,98,113)(H,99,112)(H,100,114)(H2,97,101,102)/b13-11+,19-12+,64-20+,68-54+/t63-,65-,66-,67-,69-,70+,74+,77+,78+,80+,81+,82-,89-,90+,96-/m1/s1. The van der Waals surface area contributed by atoms with Gasteiger partial charge >= 0.3 is 5.97 Å². The quantitative estimate of drug-likeness (QED) is 0.00785. The van der Waals surface area contributed by atoms with Crippen molar-refractivity contribution < 1.29 is 115 Å². The normalized spacial score (nSPS) is 25.8. The summed E-state index contributed by atoms with van der Waals surface area (Å²) in [5.74, 6) is -8.32. The number of aliphatic hydroxyl groups excluding tert-OH is 1. The van der Waals surface area contributed by atoms with E-state index in [1.54, 1.807) is 63.9 Å². The number of phenolic OH excluding ortho intramolecular Hbond substituents is 1. The van der Waals surface area contributed by atoms with Gasteiger partial charge in [0.2, 0.25) is 23.5 Å². The molecule has 0 unspecified atom stereocenters. The molecule has 1 aromatic carbocycles. The molecule has 0 radical (unpaired) electrons. The van der Waals surface area contributed by atoms with Gasteiger partial charge in [0.15, 0.2) is 11.4 Å². The van der Waals surface area contributed by atoms with Crippen LogP contribution in [0.15, 0.2) is 84.4 Å². The third kappa shape index (κ3) is 34.2. The molecule has 2 saturated heterocycles. The Morgan fingerprint density at radius 2 is 1.33 bits per heavy atom. The van der Waals surface area contributed by atoms with Crippen LogP contribution < -0.4 is 21.7 Å². The highest BCUT2D eigenvalue weighted by Gasteiger charge is 2.53. The van der Waals surface area contributed by atoms with E-state index in [-0.39, 0.29) is 117 Å². The predicted octanol–water partition coefficient (Wildman–Crippen LogP) is 8.29. The third-order valence-corrected chi connectivity index (χ3v) is 25.1. The van der Waals surface area contributed by atoms with Gasteiger partial charge in [-0.25, -0.2) is 24.1 Å². The fourth-order valence-corrected chi connectivity index (χ4v) is 17.3. The highest BCUT2D eigenvalue weighted by atomic mass is 16.6. The van der Waals surface area contributed by atoms with Crippen molar-refractivity contribution in [3.05, 3.63) is 90.1 Å². The first-order chi connectivity index (χ1) is 64.2. The number of allylic oxidation sites excluding steroid dienone is 6. The van der Waals surface area contributed by atoms with Gasteiger partial charge in [-0.15, -0.1) is 5.10 Å². The molecule has 4 aromatic heterocycles. The number of H-pyrrole nitrogens is 1. The molecule has 2 bridgehead atoms. The van der Waals surface area contributed by atoms with Crippen molar-refractivity contribution in [2.24, 2.45) is 35.5 Å². The van der Waals surface area contributed by atoms with Crippen molar-refractivity contribution in [2.45, 2.75) is 232 Å². The summed E-state index contributed by atoms with van der Waals surface area (Å²) < 4.78 is 78.6. The first-order valence-corrected chi connectivity index (χ1v) is 47.3. The van der Waals surface area contributed by atoms with Crippen LogP contribution in [0.1, 0.15) is 176 Å². The van der Waals surface area contributed by atoms with E-state index in [0.29, 0.717) is 211 Å². The van der Waals surface area contributed by atoms with Crippen LogP contribution in [0.2, 0.25) is 0 Å². The number of aromatic nitrogens is 8. The van der Waals surface area contributed by atoms with Gasteiger partial charge in [-0.05, 0) is 157 Å². The molecule has 1 saturated carbocycles. The van der Waals surface area contributed by atoms with Crippen LogP contribution in [0.3, 0.4) is 0 Å². The van der Waals surface area contributed by atoms with E-state index in [2.05, 4.69) is 41.2 Å². The Hall–Kier alpha value is -9.19. The number of benzene rings is 1. The summed E-state index contributed by atoms with van der Waals surface area (Å²) in [6, 6.07) is 5.65. The number of Topliss-reactive ketones (excluding diaryl/α,β-unsaturated/α-hetero) is 3. The van der Waals surface area contributed by atoms with Gasteiger partial charge in [-0.1, -0.05) is 76.3 Å². The van der Waals surface area contributed by atoms with Crippen LogP contribution in [0.4, 0.5) is 5.82 Å². The number of aromatic amines is 1. The van der Waals surface area contributed by atoms with E-state index in [4.69, 9.17) is 72.4 Å². The van der Waals surface area contributed by atoms with E-state index in [1.165, 1.54) is 18.3 Å². The minimum Gasteiger partial charge on any atom is -0.508 e. The number of unbranched alkanes of at least 4 members (excludes halogenated alkanes) is 1. The SMILES string of the molecule is CO[C@H]1C[C@@H]2CC[C@@H](C)[C@@](O)(O2)C(=O)C(=O)N2CCCC[C@H]2C(=O)O[C@H]([C@H](C)C[C@@H]2CC[C@H](n3cc(CCCC(=O)NCCOCCOCCOCCOCCC(=O)NCCOCCOCCOCCOCCC(=O)NCCCCn4nc(-c5cc6cc(O)ccc6[nH]5)c5c(N)ncnc54)nn3)[C@H](OC)C2)CC(=O)[C@H](C)/C=C(\C)[C@@H](O)[C@@H](OC)C(=O)[C@H](C)C[C@H](C)/C=C/C=C/C=C/1C. The number of fused-ring (bicyclic) bond motifs is 5. The Bertz CT molecular complexity index is 4590. The number of carbonyl (C=O) groups is 8. The molecule has 3 aliphatic heterocycles. The molecule has 0 spiro atoms. The second kappa shape index (κ2) is 57.0. The molecule has 7 heterocycles.